The molecule has 0 aliphatic rings. The van der Waals surface area contributed by atoms with Crippen molar-refractivity contribution in [1.82, 2.24) is 5.32 Å². The number of benzene rings is 2. The quantitative estimate of drug-likeness (QED) is 0.466. The smallest absolute Gasteiger partial charge is 0.233 e. The summed E-state index contributed by atoms with van der Waals surface area (Å²) in [5.41, 5.74) is 3.03. The van der Waals surface area contributed by atoms with Gasteiger partial charge in [0.15, 0.2) is 5.11 Å². The molecule has 0 saturated heterocycles. The Kier molecular flexibility index (Phi) is 9.09. The lowest BCUT2D eigenvalue weighted by Gasteiger charge is -2.15. The van der Waals surface area contributed by atoms with E-state index in [1.807, 2.05) is 43.3 Å². The van der Waals surface area contributed by atoms with Gasteiger partial charge in [-0.05, 0) is 66.9 Å². The predicted molar refractivity (Wildman–Crippen MR) is 122 cm³/mol. The van der Waals surface area contributed by atoms with Crippen LogP contribution in [0.25, 0.3) is 0 Å². The molecule has 2 aromatic carbocycles. The fourth-order valence-corrected chi connectivity index (χ4v) is 3.04. The van der Waals surface area contributed by atoms with Gasteiger partial charge in [0.2, 0.25) is 5.91 Å². The number of amides is 1. The van der Waals surface area contributed by atoms with Crippen LogP contribution >= 0.6 is 12.2 Å². The highest BCUT2D eigenvalue weighted by Gasteiger charge is 2.16. The van der Waals surface area contributed by atoms with Crippen LogP contribution in [0.3, 0.4) is 0 Å². The highest BCUT2D eigenvalue weighted by Crippen LogP contribution is 2.18. The van der Waals surface area contributed by atoms with Crippen molar-refractivity contribution in [1.29, 1.82) is 0 Å². The molecular weight excluding hydrogens is 384 g/mol. The summed E-state index contributed by atoms with van der Waals surface area (Å²) in [5.74, 6) is 0.922. The molecule has 0 aliphatic carbocycles. The van der Waals surface area contributed by atoms with Gasteiger partial charge in [-0.15, -0.1) is 0 Å². The molecule has 0 bridgehead atoms. The zero-order valence-electron chi connectivity index (χ0n) is 17.5. The maximum atomic E-state index is 12.5. The summed E-state index contributed by atoms with van der Waals surface area (Å²) in [7, 11) is 1.63. The number of carbonyl (C=O) groups is 1. The number of ether oxygens (including phenoxy) is 2. The molecule has 1 atom stereocenters. The van der Waals surface area contributed by atoms with Crippen LogP contribution in [-0.2, 0) is 16.0 Å². The van der Waals surface area contributed by atoms with Crippen LogP contribution in [0, 0.1) is 5.92 Å². The number of hydrogen-bond acceptors (Lipinski definition) is 4. The maximum Gasteiger partial charge on any atom is 0.233 e. The van der Waals surface area contributed by atoms with Gasteiger partial charge < -0.3 is 20.1 Å². The molecule has 0 aliphatic heterocycles. The topological polar surface area (TPSA) is 59.6 Å². The molecule has 2 aromatic rings. The Morgan fingerprint density at radius 3 is 2.24 bits per heavy atom. The van der Waals surface area contributed by atoms with Crippen molar-refractivity contribution in [3.05, 3.63) is 59.7 Å². The van der Waals surface area contributed by atoms with Gasteiger partial charge in [0.05, 0.1) is 12.5 Å². The number of nitrogens with one attached hydrogen (secondary N) is 2. The fraction of sp³-hybridized carbons (Fsp3) is 0.391. The summed E-state index contributed by atoms with van der Waals surface area (Å²) in [6.45, 7) is 7.30. The molecule has 0 aromatic heterocycles. The molecular formula is C23H30N2O3S. The van der Waals surface area contributed by atoms with Gasteiger partial charge in [-0.3, -0.25) is 4.79 Å². The molecule has 0 heterocycles. The van der Waals surface area contributed by atoms with Crippen LogP contribution in [0.1, 0.15) is 37.8 Å². The molecule has 2 rings (SSSR count). The van der Waals surface area contributed by atoms with Crippen LogP contribution in [0.15, 0.2) is 48.5 Å². The van der Waals surface area contributed by atoms with Gasteiger partial charge in [0.1, 0.15) is 12.4 Å². The van der Waals surface area contributed by atoms with Crippen LogP contribution in [-0.4, -0.2) is 31.3 Å². The molecule has 156 valence electrons. The first-order valence-corrected chi connectivity index (χ1v) is 10.2. The second kappa shape index (κ2) is 11.5. The normalized spacial score (nSPS) is 11.8. The van der Waals surface area contributed by atoms with Gasteiger partial charge in [-0.2, -0.15) is 0 Å². The molecule has 0 fully saturated rings. The van der Waals surface area contributed by atoms with Crippen molar-refractivity contribution >= 4 is 28.9 Å². The Hall–Kier alpha value is -2.44. The number of rotatable bonds is 9. The van der Waals surface area contributed by atoms with Crippen LogP contribution < -0.4 is 15.4 Å². The number of methoxy groups -OCH3 is 1. The van der Waals surface area contributed by atoms with Crippen LogP contribution in [0.4, 0.5) is 5.69 Å². The minimum atomic E-state index is -0.292. The first-order valence-electron chi connectivity index (χ1n) is 9.81. The van der Waals surface area contributed by atoms with Crippen molar-refractivity contribution in [3.63, 3.8) is 0 Å². The van der Waals surface area contributed by atoms with Crippen molar-refractivity contribution < 1.29 is 14.3 Å². The van der Waals surface area contributed by atoms with E-state index in [2.05, 4.69) is 36.6 Å². The first-order chi connectivity index (χ1) is 13.9. The van der Waals surface area contributed by atoms with Gasteiger partial charge >= 0.3 is 0 Å². The van der Waals surface area contributed by atoms with E-state index in [-0.39, 0.29) is 16.9 Å². The third kappa shape index (κ3) is 7.83. The minimum Gasteiger partial charge on any atom is -0.491 e. The number of hydrogen-bond donors (Lipinski definition) is 2. The summed E-state index contributed by atoms with van der Waals surface area (Å²) in [6, 6.07) is 15.6. The highest BCUT2D eigenvalue weighted by molar-refractivity contribution is 7.80. The molecule has 1 unspecified atom stereocenters. The Balaban J connectivity index is 1.85. The highest BCUT2D eigenvalue weighted by atomic mass is 32.1. The van der Waals surface area contributed by atoms with Gasteiger partial charge in [-0.1, -0.05) is 38.1 Å². The van der Waals surface area contributed by atoms with Gasteiger partial charge in [-0.25, -0.2) is 0 Å². The molecule has 5 nitrogen and oxygen atoms in total. The largest absolute Gasteiger partial charge is 0.491 e. The van der Waals surface area contributed by atoms with E-state index in [9.17, 15) is 4.79 Å². The van der Waals surface area contributed by atoms with E-state index in [0.29, 0.717) is 19.1 Å². The Morgan fingerprint density at radius 1 is 1.00 bits per heavy atom. The minimum absolute atomic E-state index is 0.140. The van der Waals surface area contributed by atoms with Crippen LogP contribution in [0.5, 0.6) is 5.75 Å². The number of carbonyl (C=O) groups excluding carboxylic acids is 1. The van der Waals surface area contributed by atoms with E-state index < -0.39 is 0 Å². The molecule has 2 N–H and O–H groups in total. The lowest BCUT2D eigenvalue weighted by Crippen LogP contribution is -2.36. The summed E-state index contributed by atoms with van der Waals surface area (Å²) in [5, 5.41) is 6.06. The summed E-state index contributed by atoms with van der Waals surface area (Å²) < 4.78 is 10.5. The maximum absolute atomic E-state index is 12.5. The summed E-state index contributed by atoms with van der Waals surface area (Å²) >= 11 is 5.28. The third-order valence-corrected chi connectivity index (χ3v) is 4.63. The zero-order valence-corrected chi connectivity index (χ0v) is 18.3. The Bertz CT molecular complexity index is 789. The van der Waals surface area contributed by atoms with Gasteiger partial charge in [0, 0.05) is 12.8 Å². The second-order valence-corrected chi connectivity index (χ2v) is 7.78. The van der Waals surface area contributed by atoms with E-state index in [4.69, 9.17) is 21.7 Å². The summed E-state index contributed by atoms with van der Waals surface area (Å²) in [6.07, 6.45) is 1.03. The lowest BCUT2D eigenvalue weighted by molar-refractivity contribution is -0.120. The van der Waals surface area contributed by atoms with Crippen molar-refractivity contribution in [2.75, 3.05) is 25.6 Å². The monoisotopic (exact) mass is 414 g/mol. The van der Waals surface area contributed by atoms with Crippen LogP contribution in [0.2, 0.25) is 0 Å². The number of thiocarbonyl (C=S) groups is 1. The van der Waals surface area contributed by atoms with E-state index in [1.165, 1.54) is 5.56 Å². The lowest BCUT2D eigenvalue weighted by atomic mass is 9.96. The van der Waals surface area contributed by atoms with E-state index >= 15 is 0 Å². The van der Waals surface area contributed by atoms with Crippen molar-refractivity contribution in [2.45, 2.75) is 33.1 Å². The zero-order chi connectivity index (χ0) is 21.2. The van der Waals surface area contributed by atoms with Crippen molar-refractivity contribution in [2.24, 2.45) is 5.92 Å². The van der Waals surface area contributed by atoms with E-state index in [0.717, 1.165) is 23.4 Å². The molecule has 0 radical (unpaired) electrons. The first kappa shape index (κ1) is 22.8. The van der Waals surface area contributed by atoms with E-state index in [1.54, 1.807) is 7.11 Å². The molecule has 0 spiro atoms. The molecule has 29 heavy (non-hydrogen) atoms. The average Bonchev–Trinajstić information content (AvgIpc) is 2.69. The third-order valence-electron chi connectivity index (χ3n) is 4.42. The molecule has 6 heteroatoms. The Labute approximate surface area is 178 Å². The molecule has 1 amide bonds. The SMILES string of the molecule is COCCOc1ccc(NC(=S)NC(=O)C(C)c2ccc(CC(C)C)cc2)cc1. The summed E-state index contributed by atoms with van der Waals surface area (Å²) in [4.78, 5) is 12.5. The van der Waals surface area contributed by atoms with Gasteiger partial charge in [0.25, 0.3) is 0 Å². The fourth-order valence-electron chi connectivity index (χ4n) is 2.83. The second-order valence-electron chi connectivity index (χ2n) is 7.37. The van der Waals surface area contributed by atoms with Crippen molar-refractivity contribution in [3.8, 4) is 5.75 Å². The molecule has 0 saturated carbocycles. The standard InChI is InChI=1S/C23H30N2O3S/c1-16(2)15-18-5-7-19(8-6-18)17(3)22(26)25-23(29)24-20-9-11-21(12-10-20)28-14-13-27-4/h5-12,16-17H,13-15H2,1-4H3,(H2,24,25,26,29). The Morgan fingerprint density at radius 2 is 1.66 bits per heavy atom. The average molecular weight is 415 g/mol. The number of anilines is 1. The predicted octanol–water partition coefficient (Wildman–Crippen LogP) is 4.53.